The van der Waals surface area contributed by atoms with Gasteiger partial charge in [0.1, 0.15) is 0 Å². The van der Waals surface area contributed by atoms with Crippen LogP contribution in [0.1, 0.15) is 52.0 Å². The van der Waals surface area contributed by atoms with Gasteiger partial charge in [0.2, 0.25) is 5.91 Å². The number of thiazole rings is 1. The van der Waals surface area contributed by atoms with E-state index >= 15 is 0 Å². The molecule has 2 saturated heterocycles. The summed E-state index contributed by atoms with van der Waals surface area (Å²) < 4.78 is 27.0. The molecule has 0 bridgehead atoms. The van der Waals surface area contributed by atoms with Gasteiger partial charge in [0.25, 0.3) is 10.0 Å². The molecule has 2 fully saturated rings. The standard InChI is InChI=1S/C24H26N4O3S2.2C2H6/c1-26(24-25-13-16-32-24)33(30,31)21-9-7-20(8-10-21)28-15-12-22(23(28)29)27-14-11-19(17-27)18-5-3-2-4-6-18;2*1-2/h2-10,13,16,19,22H,11-12,14-15,17H2,1H3;2*1-2H3. The summed E-state index contributed by atoms with van der Waals surface area (Å²) in [7, 11) is -2.21. The monoisotopic (exact) mass is 542 g/mol. The molecule has 37 heavy (non-hydrogen) atoms. The minimum absolute atomic E-state index is 0.0965. The first-order chi connectivity index (χ1) is 17.9. The Hall–Kier alpha value is -2.75. The molecule has 0 saturated carbocycles. The lowest BCUT2D eigenvalue weighted by Crippen LogP contribution is -2.40. The fourth-order valence-corrected chi connectivity index (χ4v) is 6.74. The van der Waals surface area contributed by atoms with Gasteiger partial charge >= 0.3 is 0 Å². The summed E-state index contributed by atoms with van der Waals surface area (Å²) in [4.78, 5) is 21.6. The number of benzene rings is 2. The zero-order valence-electron chi connectivity index (χ0n) is 22.4. The number of rotatable bonds is 6. The van der Waals surface area contributed by atoms with Gasteiger partial charge in [-0.05, 0) is 55.1 Å². The van der Waals surface area contributed by atoms with E-state index in [1.807, 2.05) is 33.8 Å². The summed E-state index contributed by atoms with van der Waals surface area (Å²) in [6, 6.07) is 17.0. The third-order valence-corrected chi connectivity index (χ3v) is 9.33. The van der Waals surface area contributed by atoms with Crippen molar-refractivity contribution < 1.29 is 13.2 Å². The molecule has 5 rings (SSSR count). The molecule has 7 nitrogen and oxygen atoms in total. The lowest BCUT2D eigenvalue weighted by Gasteiger charge is -2.24. The molecule has 9 heteroatoms. The molecular formula is C28H38N4O3S2. The van der Waals surface area contributed by atoms with Gasteiger partial charge in [-0.25, -0.2) is 17.7 Å². The summed E-state index contributed by atoms with van der Waals surface area (Å²) in [6.45, 7) is 10.5. The van der Waals surface area contributed by atoms with Crippen LogP contribution in [0.2, 0.25) is 0 Å². The quantitative estimate of drug-likeness (QED) is 0.405. The number of hydrogen-bond acceptors (Lipinski definition) is 6. The van der Waals surface area contributed by atoms with Gasteiger partial charge in [0.15, 0.2) is 5.13 Å². The number of nitrogens with zero attached hydrogens (tertiary/aromatic N) is 4. The van der Waals surface area contributed by atoms with E-state index < -0.39 is 10.0 Å². The van der Waals surface area contributed by atoms with Crippen LogP contribution in [-0.2, 0) is 14.8 Å². The number of carbonyl (C=O) groups excluding carboxylic acids is 1. The minimum atomic E-state index is -3.70. The normalized spacial score (nSPS) is 19.6. The Balaban J connectivity index is 0.000000907. The molecule has 3 aromatic rings. The Bertz CT molecular complexity index is 1220. The Morgan fingerprint density at radius 1 is 0.946 bits per heavy atom. The highest BCUT2D eigenvalue weighted by molar-refractivity contribution is 7.93. The highest BCUT2D eigenvalue weighted by Crippen LogP contribution is 2.33. The van der Waals surface area contributed by atoms with Crippen molar-refractivity contribution in [3.63, 3.8) is 0 Å². The van der Waals surface area contributed by atoms with Crippen LogP contribution < -0.4 is 9.21 Å². The van der Waals surface area contributed by atoms with E-state index in [1.165, 1.54) is 28.3 Å². The van der Waals surface area contributed by atoms with Gasteiger partial charge in [-0.2, -0.15) is 0 Å². The van der Waals surface area contributed by atoms with Crippen LogP contribution >= 0.6 is 11.3 Å². The molecule has 1 aromatic heterocycles. The highest BCUT2D eigenvalue weighted by atomic mass is 32.2. The van der Waals surface area contributed by atoms with Crippen LogP contribution in [0.15, 0.2) is 71.1 Å². The number of aromatic nitrogens is 1. The Morgan fingerprint density at radius 3 is 2.24 bits per heavy atom. The van der Waals surface area contributed by atoms with Gasteiger partial charge in [0.05, 0.1) is 10.9 Å². The average Bonchev–Trinajstić information content (AvgIpc) is 3.73. The molecule has 2 aliphatic rings. The van der Waals surface area contributed by atoms with Crippen molar-refractivity contribution in [1.29, 1.82) is 0 Å². The first kappa shape index (κ1) is 28.8. The Kier molecular flexibility index (Phi) is 10.3. The van der Waals surface area contributed by atoms with Crippen LogP contribution in [0.4, 0.5) is 10.8 Å². The van der Waals surface area contributed by atoms with Crippen LogP contribution in [0, 0.1) is 0 Å². The van der Waals surface area contributed by atoms with Crippen LogP contribution in [-0.4, -0.2) is 56.9 Å². The van der Waals surface area contributed by atoms with Gasteiger partial charge in [0, 0.05) is 37.4 Å². The molecule has 2 aliphatic heterocycles. The maximum Gasteiger partial charge on any atom is 0.265 e. The van der Waals surface area contributed by atoms with Crippen molar-refractivity contribution in [3.05, 3.63) is 71.7 Å². The number of amides is 1. The number of sulfonamides is 1. The van der Waals surface area contributed by atoms with Gasteiger partial charge in [-0.3, -0.25) is 9.69 Å². The summed E-state index contributed by atoms with van der Waals surface area (Å²) >= 11 is 1.27. The maximum atomic E-state index is 13.2. The number of hydrogen-bond donors (Lipinski definition) is 0. The zero-order valence-corrected chi connectivity index (χ0v) is 24.0. The predicted octanol–water partition coefficient (Wildman–Crippen LogP) is 5.62. The molecule has 0 N–H and O–H groups in total. The summed E-state index contributed by atoms with van der Waals surface area (Å²) in [5, 5.41) is 2.15. The predicted molar refractivity (Wildman–Crippen MR) is 153 cm³/mol. The largest absolute Gasteiger partial charge is 0.311 e. The molecule has 2 unspecified atom stereocenters. The number of likely N-dealkylation sites (tertiary alicyclic amines) is 1. The molecule has 0 spiro atoms. The van der Waals surface area contributed by atoms with Crippen molar-refractivity contribution in [2.24, 2.45) is 0 Å². The highest BCUT2D eigenvalue weighted by Gasteiger charge is 2.39. The lowest BCUT2D eigenvalue weighted by molar-refractivity contribution is -0.121. The minimum Gasteiger partial charge on any atom is -0.311 e. The Morgan fingerprint density at radius 2 is 1.62 bits per heavy atom. The van der Waals surface area contributed by atoms with Gasteiger partial charge in [-0.15, -0.1) is 11.3 Å². The Labute approximate surface area is 225 Å². The zero-order chi connectivity index (χ0) is 27.0. The first-order valence-corrected chi connectivity index (χ1v) is 15.4. The molecular weight excluding hydrogens is 504 g/mol. The fourth-order valence-electron chi connectivity index (χ4n) is 4.76. The molecule has 0 radical (unpaired) electrons. The van der Waals surface area contributed by atoms with Crippen LogP contribution in [0.3, 0.4) is 0 Å². The van der Waals surface area contributed by atoms with Crippen LogP contribution in [0.25, 0.3) is 0 Å². The van der Waals surface area contributed by atoms with Gasteiger partial charge in [-0.1, -0.05) is 58.0 Å². The summed E-state index contributed by atoms with van der Waals surface area (Å²) in [5.41, 5.74) is 2.07. The SMILES string of the molecule is CC.CC.CN(c1nccs1)S(=O)(=O)c1ccc(N2CCC(N3CCC(c4ccccc4)C3)C2=O)cc1. The number of carbonyl (C=O) groups is 1. The van der Waals surface area contributed by atoms with E-state index in [2.05, 4.69) is 34.1 Å². The molecule has 0 aliphatic carbocycles. The number of anilines is 2. The van der Waals surface area contributed by atoms with Crippen LogP contribution in [0.5, 0.6) is 0 Å². The molecule has 2 atom stereocenters. The van der Waals surface area contributed by atoms with E-state index in [4.69, 9.17) is 0 Å². The van der Waals surface area contributed by atoms with E-state index in [0.29, 0.717) is 17.6 Å². The molecule has 2 aromatic carbocycles. The van der Waals surface area contributed by atoms with E-state index in [9.17, 15) is 13.2 Å². The van der Waals surface area contributed by atoms with Gasteiger partial charge < -0.3 is 4.90 Å². The van der Waals surface area contributed by atoms with Crippen molar-refractivity contribution >= 4 is 38.1 Å². The second kappa shape index (κ2) is 13.2. The summed E-state index contributed by atoms with van der Waals surface area (Å²) in [5.74, 6) is 0.562. The second-order valence-electron chi connectivity index (χ2n) is 8.47. The smallest absolute Gasteiger partial charge is 0.265 e. The third-order valence-electron chi connectivity index (χ3n) is 6.60. The average molecular weight is 543 g/mol. The second-order valence-corrected chi connectivity index (χ2v) is 11.3. The van der Waals surface area contributed by atoms with E-state index in [1.54, 1.807) is 40.7 Å². The maximum absolute atomic E-state index is 13.2. The molecule has 200 valence electrons. The van der Waals surface area contributed by atoms with E-state index in [0.717, 1.165) is 31.6 Å². The first-order valence-electron chi connectivity index (χ1n) is 13.0. The fraction of sp³-hybridized carbons (Fsp3) is 0.429. The summed E-state index contributed by atoms with van der Waals surface area (Å²) in [6.07, 6.45) is 3.42. The van der Waals surface area contributed by atoms with Crippen molar-refractivity contribution in [3.8, 4) is 0 Å². The van der Waals surface area contributed by atoms with Crippen molar-refractivity contribution in [2.75, 3.05) is 35.9 Å². The third kappa shape index (κ3) is 6.22. The topological polar surface area (TPSA) is 73.8 Å². The van der Waals surface area contributed by atoms with E-state index in [-0.39, 0.29) is 16.8 Å². The van der Waals surface area contributed by atoms with Crippen molar-refractivity contribution in [1.82, 2.24) is 9.88 Å². The molecule has 1 amide bonds. The molecule has 3 heterocycles. The van der Waals surface area contributed by atoms with Crippen molar-refractivity contribution in [2.45, 2.75) is 57.4 Å². The lowest BCUT2D eigenvalue weighted by atomic mass is 9.99.